The maximum atomic E-state index is 12.0. The minimum absolute atomic E-state index is 0.115. The van der Waals surface area contributed by atoms with E-state index in [0.29, 0.717) is 17.6 Å². The van der Waals surface area contributed by atoms with Gasteiger partial charge in [0.15, 0.2) is 0 Å². The molecule has 150 valence electrons. The molecule has 1 aromatic carbocycles. The largest absolute Gasteiger partial charge is 0.511 e. The van der Waals surface area contributed by atoms with Crippen molar-refractivity contribution in [2.45, 2.75) is 13.3 Å². The Labute approximate surface area is 164 Å². The Morgan fingerprint density at radius 3 is 2.25 bits per heavy atom. The van der Waals surface area contributed by atoms with Gasteiger partial charge < -0.3 is 25.7 Å². The summed E-state index contributed by atoms with van der Waals surface area (Å²) in [4.78, 5) is 12.0. The van der Waals surface area contributed by atoms with Crippen LogP contribution in [0.25, 0.3) is 6.08 Å². The Morgan fingerprint density at radius 1 is 1.14 bits per heavy atom. The Kier molecular flexibility index (Phi) is 6.83. The third kappa shape index (κ3) is 4.35. The lowest BCUT2D eigenvalue weighted by Crippen LogP contribution is -2.36. The zero-order valence-electron chi connectivity index (χ0n) is 16.1. The van der Waals surface area contributed by atoms with Crippen LogP contribution in [0, 0.1) is 10.8 Å². The average Bonchev–Trinajstić information content (AvgIpc) is 2.71. The van der Waals surface area contributed by atoms with Gasteiger partial charge in [0, 0.05) is 7.05 Å². The molecule has 2 rings (SSSR count). The minimum Gasteiger partial charge on any atom is -0.511 e. The predicted molar refractivity (Wildman–Crippen MR) is 108 cm³/mol. The first kappa shape index (κ1) is 21.5. The molecule has 0 aromatic heterocycles. The fraction of sp³-hybridized carbons (Fsp3) is 0.318. The Hall–Kier alpha value is -2.83. The van der Waals surface area contributed by atoms with Crippen molar-refractivity contribution in [1.82, 2.24) is 5.32 Å². The van der Waals surface area contributed by atoms with Crippen molar-refractivity contribution in [1.29, 1.82) is 0 Å². The molecule has 1 unspecified atom stereocenters. The van der Waals surface area contributed by atoms with E-state index < -0.39 is 24.0 Å². The normalized spacial score (nSPS) is 20.6. The van der Waals surface area contributed by atoms with Gasteiger partial charge >= 0.3 is 0 Å². The van der Waals surface area contributed by atoms with Gasteiger partial charge in [-0.3, -0.25) is 4.79 Å². The molecule has 0 saturated carbocycles. The number of aliphatic hydroxyl groups is 4. The van der Waals surface area contributed by atoms with E-state index >= 15 is 0 Å². The van der Waals surface area contributed by atoms with Crippen LogP contribution in [0.3, 0.4) is 0 Å². The molecule has 0 saturated heterocycles. The molecule has 5 N–H and O–H groups in total. The molecule has 0 heterocycles. The molecule has 6 heteroatoms. The van der Waals surface area contributed by atoms with E-state index in [2.05, 4.69) is 5.32 Å². The van der Waals surface area contributed by atoms with E-state index in [1.165, 1.54) is 12.2 Å². The van der Waals surface area contributed by atoms with Gasteiger partial charge in [-0.05, 0) is 36.6 Å². The third-order valence-corrected chi connectivity index (χ3v) is 5.08. The lowest BCUT2D eigenvalue weighted by molar-refractivity contribution is -0.127. The zero-order chi connectivity index (χ0) is 20.8. The van der Waals surface area contributed by atoms with Crippen molar-refractivity contribution in [2.24, 2.45) is 10.8 Å². The third-order valence-electron chi connectivity index (χ3n) is 5.08. The van der Waals surface area contributed by atoms with Crippen LogP contribution < -0.4 is 5.32 Å². The number of benzene rings is 1. The quantitative estimate of drug-likeness (QED) is 0.464. The highest BCUT2D eigenvalue weighted by Crippen LogP contribution is 2.36. The van der Waals surface area contributed by atoms with Crippen molar-refractivity contribution >= 4 is 12.0 Å². The maximum Gasteiger partial charge on any atom is 0.229 e. The second kappa shape index (κ2) is 8.91. The van der Waals surface area contributed by atoms with Crippen molar-refractivity contribution in [3.63, 3.8) is 0 Å². The van der Waals surface area contributed by atoms with Gasteiger partial charge in [-0.1, -0.05) is 48.6 Å². The van der Waals surface area contributed by atoms with Crippen molar-refractivity contribution in [2.75, 3.05) is 20.3 Å². The average molecular weight is 385 g/mol. The summed E-state index contributed by atoms with van der Waals surface area (Å²) in [6, 6.07) is 8.90. The second-order valence-corrected chi connectivity index (χ2v) is 7.11. The number of nitrogens with one attached hydrogen (secondary N) is 1. The van der Waals surface area contributed by atoms with Crippen LogP contribution in [0.15, 0.2) is 71.7 Å². The summed E-state index contributed by atoms with van der Waals surface area (Å²) in [7, 11) is 1.57. The monoisotopic (exact) mass is 385 g/mol. The van der Waals surface area contributed by atoms with Crippen LogP contribution in [0.5, 0.6) is 0 Å². The smallest absolute Gasteiger partial charge is 0.229 e. The van der Waals surface area contributed by atoms with E-state index in [4.69, 9.17) is 0 Å². The summed E-state index contributed by atoms with van der Waals surface area (Å²) < 4.78 is 0. The molecule has 28 heavy (non-hydrogen) atoms. The van der Waals surface area contributed by atoms with Crippen molar-refractivity contribution in [3.05, 3.63) is 77.3 Å². The highest BCUT2D eigenvalue weighted by molar-refractivity contribution is 5.84. The fourth-order valence-electron chi connectivity index (χ4n) is 2.95. The molecule has 0 spiro atoms. The number of carbonyl (C=O) groups is 1. The number of amides is 1. The number of rotatable bonds is 7. The Balaban J connectivity index is 2.32. The molecule has 1 atom stereocenters. The Morgan fingerprint density at radius 2 is 1.75 bits per heavy atom. The molecule has 0 radical (unpaired) electrons. The van der Waals surface area contributed by atoms with Gasteiger partial charge in [-0.15, -0.1) is 0 Å². The van der Waals surface area contributed by atoms with Gasteiger partial charge in [0.1, 0.15) is 16.9 Å². The molecule has 1 aliphatic carbocycles. The molecular formula is C22H27NO5. The first-order chi connectivity index (χ1) is 13.3. The Bertz CT molecular complexity index is 819. The predicted octanol–water partition coefficient (Wildman–Crippen LogP) is 2.64. The summed E-state index contributed by atoms with van der Waals surface area (Å²) in [5.41, 5.74) is -1.14. The SMILES string of the molecule is CNC(=O)C1(C)C=CC(C=C(O)C(CO)(CO)C(O)=Cc2ccccc2)=CC1. The van der Waals surface area contributed by atoms with E-state index in [1.54, 1.807) is 56.5 Å². The zero-order valence-corrected chi connectivity index (χ0v) is 16.1. The molecule has 0 aliphatic heterocycles. The lowest BCUT2D eigenvalue weighted by Gasteiger charge is -2.29. The van der Waals surface area contributed by atoms with Crippen LogP contribution in [-0.4, -0.2) is 46.6 Å². The number of allylic oxidation sites excluding steroid dienone is 4. The summed E-state index contributed by atoms with van der Waals surface area (Å²) in [5.74, 6) is -0.842. The summed E-state index contributed by atoms with van der Waals surface area (Å²) in [6.45, 7) is 0.432. The molecule has 0 fully saturated rings. The first-order valence-corrected chi connectivity index (χ1v) is 9.02. The summed E-state index contributed by atoms with van der Waals surface area (Å²) >= 11 is 0. The fourth-order valence-corrected chi connectivity index (χ4v) is 2.95. The lowest BCUT2D eigenvalue weighted by atomic mass is 9.79. The van der Waals surface area contributed by atoms with Crippen molar-refractivity contribution < 1.29 is 25.2 Å². The van der Waals surface area contributed by atoms with Gasteiger partial charge in [0.25, 0.3) is 0 Å². The van der Waals surface area contributed by atoms with E-state index in [1.807, 2.05) is 6.07 Å². The van der Waals surface area contributed by atoms with E-state index in [9.17, 15) is 25.2 Å². The van der Waals surface area contributed by atoms with Gasteiger partial charge in [0.2, 0.25) is 5.91 Å². The van der Waals surface area contributed by atoms with Crippen LogP contribution in [0.1, 0.15) is 18.9 Å². The molecule has 0 bridgehead atoms. The number of hydrogen-bond acceptors (Lipinski definition) is 5. The number of hydrogen-bond donors (Lipinski definition) is 5. The van der Waals surface area contributed by atoms with Gasteiger partial charge in [-0.2, -0.15) is 0 Å². The van der Waals surface area contributed by atoms with Gasteiger partial charge in [0.05, 0.1) is 18.6 Å². The van der Waals surface area contributed by atoms with Crippen LogP contribution in [-0.2, 0) is 4.79 Å². The first-order valence-electron chi connectivity index (χ1n) is 9.02. The van der Waals surface area contributed by atoms with Crippen LogP contribution in [0.2, 0.25) is 0 Å². The molecule has 6 nitrogen and oxygen atoms in total. The van der Waals surface area contributed by atoms with E-state index in [-0.39, 0.29) is 17.4 Å². The summed E-state index contributed by atoms with van der Waals surface area (Å²) in [5, 5.41) is 43.5. The van der Waals surface area contributed by atoms with Crippen molar-refractivity contribution in [3.8, 4) is 0 Å². The van der Waals surface area contributed by atoms with Crippen LogP contribution in [0.4, 0.5) is 0 Å². The highest BCUT2D eigenvalue weighted by atomic mass is 16.3. The molecule has 1 amide bonds. The summed E-state index contributed by atoms with van der Waals surface area (Å²) in [6.07, 6.45) is 8.41. The second-order valence-electron chi connectivity index (χ2n) is 7.11. The number of aliphatic hydroxyl groups excluding tert-OH is 4. The maximum absolute atomic E-state index is 12.0. The topological polar surface area (TPSA) is 110 Å². The highest BCUT2D eigenvalue weighted by Gasteiger charge is 2.39. The molecule has 1 aromatic rings. The number of carbonyl (C=O) groups excluding carboxylic acids is 1. The molecule has 1 aliphatic rings. The minimum atomic E-state index is -1.73. The van der Waals surface area contributed by atoms with E-state index in [0.717, 1.165) is 0 Å². The van der Waals surface area contributed by atoms with Crippen LogP contribution >= 0.6 is 0 Å². The standard InChI is InChI=1S/C22H27NO5/c1-21(20(28)23-2)10-8-17(9-11-21)13-19(27)22(14-24,15-25)18(26)12-16-6-4-3-5-7-16/h3-10,12-13,24-27H,11,14-15H2,1-2H3,(H,23,28). The van der Waals surface area contributed by atoms with Gasteiger partial charge in [-0.25, -0.2) is 0 Å². The molecular weight excluding hydrogens is 358 g/mol.